The van der Waals surface area contributed by atoms with E-state index in [1.54, 1.807) is 0 Å². The largest absolute Gasteiger partial charge is 0.456 e. The van der Waals surface area contributed by atoms with Crippen molar-refractivity contribution < 1.29 is 13.3 Å². The summed E-state index contributed by atoms with van der Waals surface area (Å²) in [7, 11) is 0. The zero-order chi connectivity index (χ0) is 81.7. The van der Waals surface area contributed by atoms with Gasteiger partial charge in [0.1, 0.15) is 33.5 Å². The number of hydrogen-bond donors (Lipinski definition) is 0. The van der Waals surface area contributed by atoms with Crippen LogP contribution in [0, 0.1) is 96.9 Å². The molecular formula is C108H128O3. The van der Waals surface area contributed by atoms with Gasteiger partial charge in [-0.25, -0.2) is 0 Å². The molecule has 0 bridgehead atoms. The Labute approximate surface area is 667 Å². The summed E-state index contributed by atoms with van der Waals surface area (Å²) < 4.78 is 18.8. The second-order valence-corrected chi connectivity index (χ2v) is 38.3. The molecule has 3 aromatic heterocycles. The Morgan fingerprint density at radius 1 is 0.207 bits per heavy atom. The van der Waals surface area contributed by atoms with Crippen LogP contribution < -0.4 is 0 Å². The van der Waals surface area contributed by atoms with Gasteiger partial charge in [0.2, 0.25) is 0 Å². The summed E-state index contributed by atoms with van der Waals surface area (Å²) >= 11 is 0. The molecule has 0 aliphatic carbocycles. The molecule has 15 aromatic rings. The molecule has 15 rings (SSSR count). The number of benzene rings is 12. The second-order valence-electron chi connectivity index (χ2n) is 38.3. The SMILES string of the molecule is Cc1cc(C)c(C(C)(C)C)cc1-c1ccccc1.Cc1cc(C)c2c(c1)oc1c(C(C)(C)C)c(C)ccc12.Cc1cc(C)c2oc3c(C(C)(C)C)c(C)ccc3c2c1.Cc1ccc(-c2cc(C(C)(C)C)c(C)cc2C)cc1.Cc1ccc(C(C)(C)C)c(C)c1.Cc1ccc2c(oc3ccc4ccccc4c32)c1C(C)(C)C. The summed E-state index contributed by atoms with van der Waals surface area (Å²) in [4.78, 5) is 0. The first-order valence-corrected chi connectivity index (χ1v) is 40.3. The standard InChI is InChI=1S/C21H20O.2C19H22O.C19H24.C18H22.C12H18/c1-13-9-11-16-18-15-8-6-5-7-14(15)10-12-17(18)22-20(16)19(13)21(2,3)4;1-11-9-13(3)16-14-8-7-12(2)17(19(4,5)6)18(14)20-15(16)10-11;1-11-9-13(3)17-15(10-11)14-8-7-12(2)16(18(14)20-17)19(4,5)6;1-13-7-9-16(10-8-13)17-12-18(19(4,5)6)15(3)11-14(17)2;1-13-11-14(2)17(18(3,4)5)12-16(13)15-9-7-6-8-10-15;1-9-6-7-11(10(2)8-9)12(3,4)5/h5-12H,1-4H3;2*7-10H,1-6H3;7-12H,1-6H3;6-12H,1-5H3;6-8H,1-5H3. The summed E-state index contributed by atoms with van der Waals surface area (Å²) in [5.74, 6) is 0. The molecule has 0 fully saturated rings. The quantitative estimate of drug-likeness (QED) is 0.173. The van der Waals surface area contributed by atoms with Gasteiger partial charge >= 0.3 is 0 Å². The van der Waals surface area contributed by atoms with Gasteiger partial charge in [-0.3, -0.25) is 0 Å². The zero-order valence-corrected chi connectivity index (χ0v) is 73.7. The first-order chi connectivity index (χ1) is 51.6. The van der Waals surface area contributed by atoms with Gasteiger partial charge in [-0.15, -0.1) is 0 Å². The van der Waals surface area contributed by atoms with E-state index in [9.17, 15) is 0 Å². The van der Waals surface area contributed by atoms with Crippen LogP contribution in [0.2, 0.25) is 0 Å². The Kier molecular flexibility index (Phi) is 24.3. The monoisotopic (exact) mass is 1470 g/mol. The molecule has 3 heterocycles. The number of aryl methyl sites for hydroxylation is 14. The van der Waals surface area contributed by atoms with Gasteiger partial charge in [0, 0.05) is 49.0 Å². The Bertz CT molecular complexity index is 5860. The van der Waals surface area contributed by atoms with Crippen molar-refractivity contribution in [2.75, 3.05) is 0 Å². The predicted molar refractivity (Wildman–Crippen MR) is 487 cm³/mol. The molecule has 0 saturated carbocycles. The fourth-order valence-corrected chi connectivity index (χ4v) is 17.3. The van der Waals surface area contributed by atoms with E-state index in [1.807, 2.05) is 0 Å². The molecule has 111 heavy (non-hydrogen) atoms. The lowest BCUT2D eigenvalue weighted by Crippen LogP contribution is -2.13. The minimum Gasteiger partial charge on any atom is -0.456 e. The number of furan rings is 3. The second kappa shape index (κ2) is 32.2. The molecule has 3 heteroatoms. The summed E-state index contributed by atoms with van der Waals surface area (Å²) in [5.41, 5.74) is 39.2. The van der Waals surface area contributed by atoms with Crippen molar-refractivity contribution in [1.29, 1.82) is 0 Å². The van der Waals surface area contributed by atoms with Crippen molar-refractivity contribution in [3.8, 4) is 22.3 Å². The minimum absolute atomic E-state index is 0.0628. The molecule has 0 amide bonds. The first-order valence-electron chi connectivity index (χ1n) is 40.3. The van der Waals surface area contributed by atoms with Crippen molar-refractivity contribution in [3.05, 3.63) is 305 Å². The normalized spacial score (nSPS) is 12.1. The van der Waals surface area contributed by atoms with Crippen molar-refractivity contribution in [2.45, 2.75) is 254 Å². The van der Waals surface area contributed by atoms with E-state index >= 15 is 0 Å². The summed E-state index contributed by atoms with van der Waals surface area (Å²) in [6, 6.07) is 70.3. The van der Waals surface area contributed by atoms with Crippen LogP contribution >= 0.6 is 0 Å². The predicted octanol–water partition coefficient (Wildman–Crippen LogP) is 32.4. The van der Waals surface area contributed by atoms with E-state index in [0.717, 1.165) is 33.5 Å². The lowest BCUT2D eigenvalue weighted by molar-refractivity contribution is 0.568. The molecule has 0 saturated heterocycles. The molecule has 0 spiro atoms. The van der Waals surface area contributed by atoms with E-state index in [1.165, 1.54) is 177 Å². The van der Waals surface area contributed by atoms with Crippen LogP contribution in [-0.4, -0.2) is 0 Å². The van der Waals surface area contributed by atoms with Crippen molar-refractivity contribution >= 4 is 76.6 Å². The lowest BCUT2D eigenvalue weighted by atomic mass is 9.81. The Hall–Kier alpha value is -9.70. The highest BCUT2D eigenvalue weighted by Gasteiger charge is 2.28. The molecule has 12 aromatic carbocycles. The van der Waals surface area contributed by atoms with Crippen LogP contribution in [-0.2, 0) is 32.5 Å². The minimum atomic E-state index is 0.0628. The third-order valence-electron chi connectivity index (χ3n) is 22.0. The molecule has 0 aliphatic heterocycles. The van der Waals surface area contributed by atoms with Crippen molar-refractivity contribution in [1.82, 2.24) is 0 Å². The maximum absolute atomic E-state index is 6.30. The number of hydrogen-bond acceptors (Lipinski definition) is 3. The zero-order valence-electron chi connectivity index (χ0n) is 73.7. The maximum atomic E-state index is 6.30. The van der Waals surface area contributed by atoms with Crippen LogP contribution in [0.5, 0.6) is 0 Å². The van der Waals surface area contributed by atoms with E-state index in [4.69, 9.17) is 13.3 Å². The van der Waals surface area contributed by atoms with Gasteiger partial charge in [-0.1, -0.05) is 312 Å². The third kappa shape index (κ3) is 18.6. The number of fused-ring (bicyclic) bond motifs is 11. The highest BCUT2D eigenvalue weighted by molar-refractivity contribution is 6.19. The van der Waals surface area contributed by atoms with Gasteiger partial charge in [0.15, 0.2) is 0 Å². The van der Waals surface area contributed by atoms with E-state index in [-0.39, 0.29) is 32.5 Å². The van der Waals surface area contributed by atoms with E-state index in [2.05, 4.69) is 416 Å². The Balaban J connectivity index is 0.000000143. The third-order valence-corrected chi connectivity index (χ3v) is 22.0. The lowest BCUT2D eigenvalue weighted by Gasteiger charge is -2.24. The van der Waals surface area contributed by atoms with Crippen molar-refractivity contribution in [3.63, 3.8) is 0 Å². The van der Waals surface area contributed by atoms with Crippen LogP contribution in [0.1, 0.15) is 236 Å². The topological polar surface area (TPSA) is 39.4 Å². The van der Waals surface area contributed by atoms with Gasteiger partial charge in [-0.2, -0.15) is 0 Å². The molecule has 0 unspecified atom stereocenters. The van der Waals surface area contributed by atoms with Crippen LogP contribution in [0.25, 0.3) is 98.8 Å². The molecule has 578 valence electrons. The summed E-state index contributed by atoms with van der Waals surface area (Å²) in [6.07, 6.45) is 0. The average molecular weight is 1470 g/mol. The van der Waals surface area contributed by atoms with Crippen LogP contribution in [0.4, 0.5) is 0 Å². The fourth-order valence-electron chi connectivity index (χ4n) is 17.3. The highest BCUT2D eigenvalue weighted by atomic mass is 16.3. The van der Waals surface area contributed by atoms with E-state index < -0.39 is 0 Å². The average Bonchev–Trinajstić information content (AvgIpc) is 1.60. The number of rotatable bonds is 2. The Morgan fingerprint density at radius 2 is 0.613 bits per heavy atom. The van der Waals surface area contributed by atoms with Gasteiger partial charge < -0.3 is 13.3 Å². The molecule has 0 N–H and O–H groups in total. The van der Waals surface area contributed by atoms with Gasteiger partial charge in [0.25, 0.3) is 0 Å². The first kappa shape index (κ1) is 83.8. The highest BCUT2D eigenvalue weighted by Crippen LogP contribution is 2.45. The molecule has 3 nitrogen and oxygen atoms in total. The molecular weight excluding hydrogens is 1350 g/mol. The molecule has 0 radical (unpaired) electrons. The van der Waals surface area contributed by atoms with E-state index in [0.29, 0.717) is 0 Å². The fraction of sp³-hybridized carbons (Fsp3) is 0.352. The smallest absolute Gasteiger partial charge is 0.139 e. The summed E-state index contributed by atoms with van der Waals surface area (Å²) in [5, 5.41) is 9.97. The van der Waals surface area contributed by atoms with Crippen LogP contribution in [0.3, 0.4) is 0 Å². The van der Waals surface area contributed by atoms with Crippen LogP contribution in [0.15, 0.2) is 207 Å². The van der Waals surface area contributed by atoms with Gasteiger partial charge in [0.05, 0.1) is 0 Å². The Morgan fingerprint density at radius 3 is 1.10 bits per heavy atom. The molecule has 0 atom stereocenters. The maximum Gasteiger partial charge on any atom is 0.139 e. The molecule has 0 aliphatic rings. The van der Waals surface area contributed by atoms with Crippen molar-refractivity contribution in [2.24, 2.45) is 0 Å². The van der Waals surface area contributed by atoms with Gasteiger partial charge in [-0.05, 0) is 264 Å². The summed E-state index contributed by atoms with van der Waals surface area (Å²) in [6.45, 7) is 71.0.